The molecule has 0 fully saturated rings. The Morgan fingerprint density at radius 3 is 1.60 bits per heavy atom. The lowest BCUT2D eigenvalue weighted by atomic mass is 9.99. The molecule has 0 bridgehead atoms. The Balaban J connectivity index is 1.02. The fraction of sp³-hybridized carbons (Fsp3) is 0. The number of hydrogen-bond donors (Lipinski definition) is 0. The van der Waals surface area contributed by atoms with E-state index in [2.05, 4.69) is 150 Å². The van der Waals surface area contributed by atoms with Gasteiger partial charge in [-0.05, 0) is 59.7 Å². The maximum Gasteiger partial charge on any atom is 0.164 e. The summed E-state index contributed by atoms with van der Waals surface area (Å²) in [5.41, 5.74) is 8.97. The van der Waals surface area contributed by atoms with Gasteiger partial charge >= 0.3 is 0 Å². The van der Waals surface area contributed by atoms with Crippen LogP contribution in [0.1, 0.15) is 0 Å². The molecule has 0 spiro atoms. The van der Waals surface area contributed by atoms with Crippen molar-refractivity contribution in [2.45, 2.75) is 0 Å². The van der Waals surface area contributed by atoms with E-state index < -0.39 is 0 Å². The average molecular weight is 763 g/mol. The SMILES string of the molecule is c1ccc(-c2nc(-c3ccccc3)nc(-c3cccc4sc5ccc(-c6ccc7c(c6)sc6cccc(-n8c9ccccc9c9ccccc98)c67)cc5c34)n2)cc1. The third-order valence-electron chi connectivity index (χ3n) is 11.1. The van der Waals surface area contributed by atoms with Crippen molar-refractivity contribution in [1.82, 2.24) is 19.5 Å². The van der Waals surface area contributed by atoms with E-state index in [4.69, 9.17) is 15.0 Å². The van der Waals surface area contributed by atoms with Crippen LogP contribution in [0.2, 0.25) is 0 Å². The topological polar surface area (TPSA) is 43.6 Å². The van der Waals surface area contributed by atoms with Crippen LogP contribution in [0.25, 0.3) is 113 Å². The highest BCUT2D eigenvalue weighted by Gasteiger charge is 2.19. The van der Waals surface area contributed by atoms with Gasteiger partial charge in [-0.25, -0.2) is 15.0 Å². The second-order valence-electron chi connectivity index (χ2n) is 14.4. The second kappa shape index (κ2) is 12.8. The molecule has 4 aromatic heterocycles. The number of fused-ring (bicyclic) bond motifs is 9. The van der Waals surface area contributed by atoms with Crippen molar-refractivity contribution in [3.05, 3.63) is 182 Å². The predicted octanol–water partition coefficient (Wildman–Crippen LogP) is 14.4. The molecule has 0 saturated carbocycles. The summed E-state index contributed by atoms with van der Waals surface area (Å²) in [6, 6.07) is 64.9. The molecule has 12 rings (SSSR count). The summed E-state index contributed by atoms with van der Waals surface area (Å²) in [4.78, 5) is 15.2. The molecule has 0 aliphatic heterocycles. The minimum atomic E-state index is 0.662. The molecule has 0 amide bonds. The van der Waals surface area contributed by atoms with E-state index in [1.807, 2.05) is 59.1 Å². The smallest absolute Gasteiger partial charge is 0.164 e. The van der Waals surface area contributed by atoms with Crippen LogP contribution in [0, 0.1) is 0 Å². The van der Waals surface area contributed by atoms with Crippen LogP contribution < -0.4 is 0 Å². The second-order valence-corrected chi connectivity index (χ2v) is 16.5. The summed E-state index contributed by atoms with van der Waals surface area (Å²) in [7, 11) is 0. The lowest BCUT2D eigenvalue weighted by Gasteiger charge is -2.10. The molecule has 0 aliphatic carbocycles. The largest absolute Gasteiger partial charge is 0.309 e. The number of benzene rings is 8. The van der Waals surface area contributed by atoms with Gasteiger partial charge in [0.15, 0.2) is 17.5 Å². The van der Waals surface area contributed by atoms with E-state index in [1.54, 1.807) is 0 Å². The highest BCUT2D eigenvalue weighted by atomic mass is 32.1. The minimum absolute atomic E-state index is 0.662. The maximum atomic E-state index is 5.11. The van der Waals surface area contributed by atoms with Crippen LogP contribution >= 0.6 is 22.7 Å². The van der Waals surface area contributed by atoms with E-state index >= 15 is 0 Å². The molecule has 57 heavy (non-hydrogen) atoms. The van der Waals surface area contributed by atoms with Gasteiger partial charge < -0.3 is 4.57 Å². The number of hydrogen-bond acceptors (Lipinski definition) is 5. The van der Waals surface area contributed by atoms with Crippen molar-refractivity contribution in [2.24, 2.45) is 0 Å². The predicted molar refractivity (Wildman–Crippen MR) is 242 cm³/mol. The number of aromatic nitrogens is 4. The van der Waals surface area contributed by atoms with Crippen molar-refractivity contribution in [2.75, 3.05) is 0 Å². The molecular weight excluding hydrogens is 733 g/mol. The first kappa shape index (κ1) is 32.3. The first-order chi connectivity index (χ1) is 28.2. The summed E-state index contributed by atoms with van der Waals surface area (Å²) in [5.74, 6) is 1.99. The number of para-hydroxylation sites is 2. The Labute approximate surface area is 335 Å². The molecule has 8 aromatic carbocycles. The molecule has 0 aliphatic rings. The minimum Gasteiger partial charge on any atom is -0.309 e. The fourth-order valence-corrected chi connectivity index (χ4v) is 10.8. The highest BCUT2D eigenvalue weighted by Crippen LogP contribution is 2.44. The van der Waals surface area contributed by atoms with Gasteiger partial charge in [0.2, 0.25) is 0 Å². The van der Waals surface area contributed by atoms with Crippen molar-refractivity contribution in [3.8, 4) is 51.0 Å². The van der Waals surface area contributed by atoms with E-state index in [1.165, 1.54) is 79.0 Å². The summed E-state index contributed by atoms with van der Waals surface area (Å²) < 4.78 is 7.45. The van der Waals surface area contributed by atoms with Gasteiger partial charge in [-0.1, -0.05) is 133 Å². The van der Waals surface area contributed by atoms with Crippen molar-refractivity contribution in [3.63, 3.8) is 0 Å². The average Bonchev–Trinajstić information content (AvgIpc) is 3.96. The first-order valence-electron chi connectivity index (χ1n) is 19.0. The van der Waals surface area contributed by atoms with E-state index in [0.29, 0.717) is 17.5 Å². The molecule has 4 nitrogen and oxygen atoms in total. The Hall–Kier alpha value is -6.99. The standard InChI is InChI=1S/C51H30N4S2/c1-3-13-31(14-4-1)49-52-50(32-15-5-2-6-16-32)54-51(53-49)38-19-11-23-44-47(38)39-29-33(26-28-43(39)56-44)34-25-27-37-46(30-34)57-45-24-12-22-42(48(37)45)55-40-20-9-7-17-35(40)36-18-8-10-21-41(36)55/h1-30H. The monoisotopic (exact) mass is 762 g/mol. The van der Waals surface area contributed by atoms with Crippen LogP contribution in [0.5, 0.6) is 0 Å². The molecule has 0 unspecified atom stereocenters. The van der Waals surface area contributed by atoms with Gasteiger partial charge in [-0.3, -0.25) is 0 Å². The van der Waals surface area contributed by atoms with Crippen molar-refractivity contribution in [1.29, 1.82) is 0 Å². The molecule has 0 saturated heterocycles. The first-order valence-corrected chi connectivity index (χ1v) is 20.7. The summed E-state index contributed by atoms with van der Waals surface area (Å²) >= 11 is 3.68. The van der Waals surface area contributed by atoms with Crippen molar-refractivity contribution >= 4 is 84.8 Å². The van der Waals surface area contributed by atoms with Gasteiger partial charge in [0.1, 0.15) is 0 Å². The molecule has 6 heteroatoms. The Morgan fingerprint density at radius 1 is 0.333 bits per heavy atom. The van der Waals surface area contributed by atoms with E-state index in [9.17, 15) is 0 Å². The summed E-state index contributed by atoms with van der Waals surface area (Å²) in [6.45, 7) is 0. The van der Waals surface area contributed by atoms with Gasteiger partial charge in [0.05, 0.1) is 16.7 Å². The third-order valence-corrected chi connectivity index (χ3v) is 13.3. The molecule has 0 N–H and O–H groups in total. The van der Waals surface area contributed by atoms with Gasteiger partial charge in [0.25, 0.3) is 0 Å². The van der Waals surface area contributed by atoms with E-state index in [-0.39, 0.29) is 0 Å². The zero-order valence-electron chi connectivity index (χ0n) is 30.4. The molecule has 4 heterocycles. The summed E-state index contributed by atoms with van der Waals surface area (Å²) in [5, 5.41) is 7.49. The number of thiophene rings is 2. The zero-order valence-corrected chi connectivity index (χ0v) is 32.1. The van der Waals surface area contributed by atoms with Crippen molar-refractivity contribution < 1.29 is 0 Å². The third kappa shape index (κ3) is 5.15. The molecule has 0 atom stereocenters. The zero-order chi connectivity index (χ0) is 37.5. The molecule has 0 radical (unpaired) electrons. The number of rotatable bonds is 5. The van der Waals surface area contributed by atoms with Gasteiger partial charge in [0, 0.05) is 67.8 Å². The van der Waals surface area contributed by atoms with Crippen LogP contribution in [0.15, 0.2) is 182 Å². The lowest BCUT2D eigenvalue weighted by Crippen LogP contribution is -2.00. The molecular formula is C51H30N4S2. The Kier molecular flexibility index (Phi) is 7.24. The Bertz CT molecular complexity index is 3410. The van der Waals surface area contributed by atoms with Crippen LogP contribution in [0.3, 0.4) is 0 Å². The number of nitrogens with zero attached hydrogens (tertiary/aromatic N) is 4. The molecule has 266 valence electrons. The van der Waals surface area contributed by atoms with Crippen LogP contribution in [-0.4, -0.2) is 19.5 Å². The highest BCUT2D eigenvalue weighted by molar-refractivity contribution is 7.26. The van der Waals surface area contributed by atoms with Crippen LogP contribution in [0.4, 0.5) is 0 Å². The van der Waals surface area contributed by atoms with E-state index in [0.717, 1.165) is 16.7 Å². The van der Waals surface area contributed by atoms with Gasteiger partial charge in [-0.15, -0.1) is 22.7 Å². The Morgan fingerprint density at radius 2 is 0.895 bits per heavy atom. The van der Waals surface area contributed by atoms with Crippen LogP contribution in [-0.2, 0) is 0 Å². The maximum absolute atomic E-state index is 5.11. The molecule has 12 aromatic rings. The summed E-state index contributed by atoms with van der Waals surface area (Å²) in [6.07, 6.45) is 0. The quantitative estimate of drug-likeness (QED) is 0.175. The lowest BCUT2D eigenvalue weighted by molar-refractivity contribution is 1.08. The fourth-order valence-electron chi connectivity index (χ4n) is 8.48. The van der Waals surface area contributed by atoms with Gasteiger partial charge in [-0.2, -0.15) is 0 Å². The normalized spacial score (nSPS) is 11.9.